The highest BCUT2D eigenvalue weighted by molar-refractivity contribution is 5.73. The van der Waals surface area contributed by atoms with Crippen molar-refractivity contribution in [3.8, 4) is 0 Å². The normalized spacial score (nSPS) is 9.50. The minimum atomic E-state index is -0.314. The molecule has 0 atom stereocenters. The molecule has 0 saturated heterocycles. The first-order valence-corrected chi connectivity index (χ1v) is 5.04. The van der Waals surface area contributed by atoms with Crippen LogP contribution in [0.1, 0.15) is 32.1 Å². The van der Waals surface area contributed by atoms with Crippen molar-refractivity contribution in [2.45, 2.75) is 32.1 Å². The summed E-state index contributed by atoms with van der Waals surface area (Å²) in [5.41, 5.74) is 0. The van der Waals surface area contributed by atoms with Crippen molar-refractivity contribution in [3.05, 3.63) is 12.7 Å². The molecule has 0 heterocycles. The van der Waals surface area contributed by atoms with E-state index in [1.54, 1.807) is 0 Å². The lowest BCUT2D eigenvalue weighted by molar-refractivity contribution is 0.217. The van der Waals surface area contributed by atoms with E-state index < -0.39 is 0 Å². The molecule has 0 radical (unpaired) electrons. The van der Waals surface area contributed by atoms with Crippen molar-refractivity contribution in [1.29, 1.82) is 0 Å². The monoisotopic (exact) mass is 200 g/mol. The molecule has 0 bridgehead atoms. The van der Waals surface area contributed by atoms with Crippen LogP contribution in [0.5, 0.6) is 0 Å². The van der Waals surface area contributed by atoms with Crippen LogP contribution in [-0.2, 0) is 0 Å². The highest BCUT2D eigenvalue weighted by Crippen LogP contribution is 2.02. The second-order valence-electron chi connectivity index (χ2n) is 3.08. The Bertz CT molecular complexity index is 160. The third kappa shape index (κ3) is 9.06. The van der Waals surface area contributed by atoms with Gasteiger partial charge in [-0.05, 0) is 19.3 Å². The Morgan fingerprint density at radius 2 is 1.93 bits per heavy atom. The Kier molecular flexibility index (Phi) is 9.31. The van der Waals surface area contributed by atoms with Crippen molar-refractivity contribution in [1.82, 2.24) is 10.6 Å². The number of aliphatic hydroxyl groups is 1. The first-order valence-electron chi connectivity index (χ1n) is 5.04. The van der Waals surface area contributed by atoms with Crippen LogP contribution in [0.15, 0.2) is 12.7 Å². The van der Waals surface area contributed by atoms with E-state index in [1.165, 1.54) is 12.8 Å². The summed E-state index contributed by atoms with van der Waals surface area (Å²) >= 11 is 0. The molecule has 2 amide bonds. The summed E-state index contributed by atoms with van der Waals surface area (Å²) in [5.74, 6) is 0. The molecule has 0 aliphatic heterocycles. The fourth-order valence-electron chi connectivity index (χ4n) is 1.10. The van der Waals surface area contributed by atoms with Gasteiger partial charge in [-0.15, -0.1) is 6.58 Å². The fraction of sp³-hybridized carbons (Fsp3) is 0.700. The molecule has 0 saturated carbocycles. The molecule has 3 N–H and O–H groups in total. The maximum atomic E-state index is 10.8. The molecule has 0 unspecified atom stereocenters. The van der Waals surface area contributed by atoms with Crippen LogP contribution in [0.3, 0.4) is 0 Å². The van der Waals surface area contributed by atoms with Gasteiger partial charge in [0, 0.05) is 6.54 Å². The third-order valence-corrected chi connectivity index (χ3v) is 1.86. The Morgan fingerprint density at radius 1 is 1.21 bits per heavy atom. The summed E-state index contributed by atoms with van der Waals surface area (Å²) in [6.45, 7) is 4.00. The van der Waals surface area contributed by atoms with E-state index in [1.807, 2.05) is 6.08 Å². The number of nitrogens with one attached hydrogen (secondary N) is 2. The second-order valence-corrected chi connectivity index (χ2v) is 3.08. The zero-order chi connectivity index (χ0) is 10.6. The van der Waals surface area contributed by atoms with Gasteiger partial charge in [0.2, 0.25) is 0 Å². The average Bonchev–Trinajstić information content (AvgIpc) is 2.17. The topological polar surface area (TPSA) is 61.4 Å². The average molecular weight is 200 g/mol. The van der Waals surface area contributed by atoms with Crippen LogP contribution in [0.25, 0.3) is 0 Å². The lowest BCUT2D eigenvalue weighted by Crippen LogP contribution is -2.36. The molecule has 0 aliphatic carbocycles. The summed E-state index contributed by atoms with van der Waals surface area (Å²) in [4.78, 5) is 10.8. The van der Waals surface area contributed by atoms with Gasteiger partial charge in [-0.2, -0.15) is 0 Å². The maximum absolute atomic E-state index is 10.8. The molecular formula is C10H20N2O2. The van der Waals surface area contributed by atoms with Gasteiger partial charge in [0.05, 0.1) is 0 Å². The van der Waals surface area contributed by atoms with Crippen molar-refractivity contribution in [2.24, 2.45) is 0 Å². The number of unbranched alkanes of at least 4 members (excludes halogenated alkanes) is 4. The van der Waals surface area contributed by atoms with Gasteiger partial charge in [0.15, 0.2) is 0 Å². The number of urea groups is 1. The lowest BCUT2D eigenvalue weighted by Gasteiger charge is -2.04. The zero-order valence-electron chi connectivity index (χ0n) is 8.59. The van der Waals surface area contributed by atoms with E-state index in [2.05, 4.69) is 17.2 Å². The minimum absolute atomic E-state index is 0.307. The highest BCUT2D eigenvalue weighted by Gasteiger charge is 1.95. The number of allylic oxidation sites excluding steroid dienone is 1. The molecule has 0 aromatic heterocycles. The summed E-state index contributed by atoms with van der Waals surface area (Å²) < 4.78 is 0. The maximum Gasteiger partial charge on any atom is 0.316 e. The van der Waals surface area contributed by atoms with Crippen molar-refractivity contribution in [3.63, 3.8) is 0 Å². The molecule has 82 valence electrons. The van der Waals surface area contributed by atoms with Crippen LogP contribution in [0.4, 0.5) is 4.79 Å². The lowest BCUT2D eigenvalue weighted by atomic mass is 10.1. The van der Waals surface area contributed by atoms with Gasteiger partial charge >= 0.3 is 6.03 Å². The largest absolute Gasteiger partial charge is 0.376 e. The Hall–Kier alpha value is -1.03. The van der Waals surface area contributed by atoms with E-state index in [0.717, 1.165) is 19.3 Å². The Labute approximate surface area is 85.4 Å². The van der Waals surface area contributed by atoms with Crippen LogP contribution < -0.4 is 10.6 Å². The Morgan fingerprint density at radius 3 is 2.57 bits per heavy atom. The molecule has 0 aliphatic rings. The summed E-state index contributed by atoms with van der Waals surface area (Å²) in [7, 11) is 0. The minimum Gasteiger partial charge on any atom is -0.376 e. The molecule has 14 heavy (non-hydrogen) atoms. The van der Waals surface area contributed by atoms with E-state index in [-0.39, 0.29) is 12.8 Å². The number of rotatable bonds is 8. The van der Waals surface area contributed by atoms with E-state index in [0.29, 0.717) is 6.54 Å². The van der Waals surface area contributed by atoms with Gasteiger partial charge in [-0.3, -0.25) is 0 Å². The van der Waals surface area contributed by atoms with Gasteiger partial charge in [-0.25, -0.2) is 4.79 Å². The van der Waals surface area contributed by atoms with Crippen LogP contribution >= 0.6 is 0 Å². The van der Waals surface area contributed by atoms with Gasteiger partial charge in [0.25, 0.3) is 0 Å². The first kappa shape index (κ1) is 13.0. The standard InChI is InChI=1S/C10H20N2O2/c1-2-3-4-5-6-7-8-11-10(14)12-9-13/h2,13H,1,3-9H2,(H2,11,12,14). The quantitative estimate of drug-likeness (QED) is 0.315. The van der Waals surface area contributed by atoms with Crippen LogP contribution in [0.2, 0.25) is 0 Å². The number of carbonyl (C=O) groups excluding carboxylic acids is 1. The van der Waals surface area contributed by atoms with Gasteiger partial charge in [-0.1, -0.05) is 18.9 Å². The number of aliphatic hydroxyl groups excluding tert-OH is 1. The van der Waals surface area contributed by atoms with Crippen molar-refractivity contribution >= 4 is 6.03 Å². The first-order chi connectivity index (χ1) is 6.81. The van der Waals surface area contributed by atoms with E-state index >= 15 is 0 Å². The van der Waals surface area contributed by atoms with Gasteiger partial charge < -0.3 is 15.7 Å². The number of hydrogen-bond acceptors (Lipinski definition) is 2. The molecule has 0 spiro atoms. The molecule has 0 rings (SSSR count). The second kappa shape index (κ2) is 10.1. The zero-order valence-corrected chi connectivity index (χ0v) is 8.59. The van der Waals surface area contributed by atoms with Crippen molar-refractivity contribution in [2.75, 3.05) is 13.3 Å². The van der Waals surface area contributed by atoms with Gasteiger partial charge in [0.1, 0.15) is 6.73 Å². The number of hydrogen-bond donors (Lipinski definition) is 3. The molecule has 0 fully saturated rings. The summed E-state index contributed by atoms with van der Waals surface area (Å²) in [6.07, 6.45) is 7.44. The van der Waals surface area contributed by atoms with Crippen LogP contribution in [0, 0.1) is 0 Å². The molecule has 0 aromatic rings. The summed E-state index contributed by atoms with van der Waals surface area (Å²) in [6, 6.07) is -0.307. The highest BCUT2D eigenvalue weighted by atomic mass is 16.3. The fourth-order valence-corrected chi connectivity index (χ4v) is 1.10. The predicted molar refractivity (Wildman–Crippen MR) is 56.9 cm³/mol. The molecule has 4 nitrogen and oxygen atoms in total. The molecule has 0 aromatic carbocycles. The smallest absolute Gasteiger partial charge is 0.316 e. The number of amides is 2. The van der Waals surface area contributed by atoms with Crippen molar-refractivity contribution < 1.29 is 9.90 Å². The molecule has 4 heteroatoms. The van der Waals surface area contributed by atoms with E-state index in [4.69, 9.17) is 5.11 Å². The SMILES string of the molecule is C=CCCCCCCNC(=O)NCO. The van der Waals surface area contributed by atoms with E-state index in [9.17, 15) is 4.79 Å². The van der Waals surface area contributed by atoms with Crippen LogP contribution in [-0.4, -0.2) is 24.4 Å². The number of carbonyl (C=O) groups is 1. The third-order valence-electron chi connectivity index (χ3n) is 1.86. The molecular weight excluding hydrogens is 180 g/mol. The Balaban J connectivity index is 3.05. The predicted octanol–water partition coefficient (Wildman–Crippen LogP) is 1.37. The summed E-state index contributed by atoms with van der Waals surface area (Å²) in [5, 5.41) is 13.2.